The minimum atomic E-state index is -4.05. The Morgan fingerprint density at radius 1 is 1.06 bits per heavy atom. The Labute approximate surface area is 203 Å². The number of halogens is 1. The zero-order valence-corrected chi connectivity index (χ0v) is 19.9. The molecule has 1 atom stereocenters. The van der Waals surface area contributed by atoms with Crippen molar-refractivity contribution in [1.29, 1.82) is 0 Å². The highest BCUT2D eigenvalue weighted by Gasteiger charge is 2.28. The molecule has 1 unspecified atom stereocenters. The normalized spacial score (nSPS) is 14.8. The smallest absolute Gasteiger partial charge is 0.264 e. The van der Waals surface area contributed by atoms with Crippen LogP contribution in [0.15, 0.2) is 77.7 Å². The fourth-order valence-corrected chi connectivity index (χ4v) is 4.92. The maximum absolute atomic E-state index is 13.4. The number of fused-ring (bicyclic) bond motifs is 1. The van der Waals surface area contributed by atoms with E-state index in [1.807, 2.05) is 12.1 Å². The van der Waals surface area contributed by atoms with E-state index in [4.69, 9.17) is 25.8 Å². The molecule has 1 aliphatic rings. The summed E-state index contributed by atoms with van der Waals surface area (Å²) in [6, 6.07) is 19.4. The minimum Gasteiger partial charge on any atom is -0.497 e. The third kappa shape index (κ3) is 5.37. The van der Waals surface area contributed by atoms with Gasteiger partial charge in [0.05, 0.1) is 24.2 Å². The van der Waals surface area contributed by atoms with Crippen molar-refractivity contribution in [2.24, 2.45) is 0 Å². The lowest BCUT2D eigenvalue weighted by molar-refractivity contribution is -0.120. The second-order valence-corrected chi connectivity index (χ2v) is 9.76. The van der Waals surface area contributed by atoms with Crippen molar-refractivity contribution < 1.29 is 27.4 Å². The van der Waals surface area contributed by atoms with Crippen LogP contribution >= 0.6 is 11.6 Å². The van der Waals surface area contributed by atoms with Crippen LogP contribution in [0, 0.1) is 0 Å². The summed E-state index contributed by atoms with van der Waals surface area (Å²) in [7, 11) is -2.56. The monoisotopic (exact) mass is 502 g/mol. The SMILES string of the molecule is COc1ccc(S(=O)(=O)N(CC(=O)NCC2COc3ccccc3O2)c2ccc(Cl)cc2)cc1. The number of hydrogen-bond donors (Lipinski definition) is 1. The number of para-hydroxylation sites is 2. The number of ether oxygens (including phenoxy) is 3. The average molecular weight is 503 g/mol. The second-order valence-electron chi connectivity index (χ2n) is 7.47. The van der Waals surface area contributed by atoms with Gasteiger partial charge in [0.1, 0.15) is 25.0 Å². The molecule has 34 heavy (non-hydrogen) atoms. The minimum absolute atomic E-state index is 0.0247. The maximum Gasteiger partial charge on any atom is 0.264 e. The van der Waals surface area contributed by atoms with Crippen LogP contribution in [0.5, 0.6) is 17.2 Å². The van der Waals surface area contributed by atoms with Crippen molar-refractivity contribution in [3.8, 4) is 17.2 Å². The van der Waals surface area contributed by atoms with Crippen molar-refractivity contribution in [3.05, 3.63) is 77.8 Å². The Bertz CT molecular complexity index is 1250. The highest BCUT2D eigenvalue weighted by Crippen LogP contribution is 2.31. The van der Waals surface area contributed by atoms with E-state index in [1.165, 1.54) is 19.2 Å². The van der Waals surface area contributed by atoms with Gasteiger partial charge in [-0.05, 0) is 60.7 Å². The molecular weight excluding hydrogens is 480 g/mol. The van der Waals surface area contributed by atoms with E-state index in [-0.39, 0.29) is 18.0 Å². The lowest BCUT2D eigenvalue weighted by Crippen LogP contribution is -2.45. The van der Waals surface area contributed by atoms with Gasteiger partial charge in [-0.3, -0.25) is 9.10 Å². The number of rotatable bonds is 8. The van der Waals surface area contributed by atoms with Gasteiger partial charge < -0.3 is 19.5 Å². The third-order valence-corrected chi connectivity index (χ3v) is 7.18. The number of carbonyl (C=O) groups is 1. The Kier molecular flexibility index (Phi) is 7.14. The van der Waals surface area contributed by atoms with Crippen molar-refractivity contribution >= 4 is 33.2 Å². The van der Waals surface area contributed by atoms with Gasteiger partial charge in [0.2, 0.25) is 5.91 Å². The van der Waals surface area contributed by atoms with Crippen LogP contribution in [0.3, 0.4) is 0 Å². The first kappa shape index (κ1) is 23.7. The Balaban J connectivity index is 1.49. The summed E-state index contributed by atoms with van der Waals surface area (Å²) in [5.74, 6) is 1.27. The van der Waals surface area contributed by atoms with E-state index >= 15 is 0 Å². The van der Waals surface area contributed by atoms with Gasteiger partial charge in [-0.2, -0.15) is 0 Å². The predicted octanol–water partition coefficient (Wildman–Crippen LogP) is 3.50. The Morgan fingerprint density at radius 3 is 2.41 bits per heavy atom. The largest absolute Gasteiger partial charge is 0.497 e. The molecule has 4 rings (SSSR count). The van der Waals surface area contributed by atoms with E-state index in [0.717, 1.165) is 4.31 Å². The molecule has 1 heterocycles. The molecule has 0 radical (unpaired) electrons. The summed E-state index contributed by atoms with van der Waals surface area (Å²) >= 11 is 5.97. The molecule has 0 bridgehead atoms. The van der Waals surface area contributed by atoms with Crippen molar-refractivity contribution in [3.63, 3.8) is 0 Å². The molecule has 1 N–H and O–H groups in total. The first-order valence-corrected chi connectivity index (χ1v) is 12.3. The van der Waals surface area contributed by atoms with E-state index < -0.39 is 28.6 Å². The van der Waals surface area contributed by atoms with E-state index in [1.54, 1.807) is 48.5 Å². The first-order chi connectivity index (χ1) is 16.4. The molecule has 0 saturated heterocycles. The lowest BCUT2D eigenvalue weighted by Gasteiger charge is -2.27. The van der Waals surface area contributed by atoms with Gasteiger partial charge in [-0.25, -0.2) is 8.42 Å². The van der Waals surface area contributed by atoms with Crippen molar-refractivity contribution in [1.82, 2.24) is 5.32 Å². The number of methoxy groups -OCH3 is 1. The molecule has 3 aromatic carbocycles. The third-order valence-electron chi connectivity index (χ3n) is 5.14. The van der Waals surface area contributed by atoms with E-state index in [2.05, 4.69) is 5.32 Å². The molecule has 8 nitrogen and oxygen atoms in total. The molecule has 0 saturated carbocycles. The zero-order valence-electron chi connectivity index (χ0n) is 18.3. The molecular formula is C24H23ClN2O6S. The molecule has 0 spiro atoms. The molecule has 10 heteroatoms. The summed E-state index contributed by atoms with van der Waals surface area (Å²) in [6.07, 6.45) is -0.402. The summed E-state index contributed by atoms with van der Waals surface area (Å²) in [5, 5.41) is 3.19. The number of hydrogen-bond acceptors (Lipinski definition) is 6. The summed E-state index contributed by atoms with van der Waals surface area (Å²) in [5.41, 5.74) is 0.307. The van der Waals surface area contributed by atoms with Crippen molar-refractivity contribution in [2.75, 3.05) is 31.1 Å². The molecule has 3 aromatic rings. The highest BCUT2D eigenvalue weighted by molar-refractivity contribution is 7.92. The van der Waals surface area contributed by atoms with Crippen LogP contribution in [0.25, 0.3) is 0 Å². The van der Waals surface area contributed by atoms with Gasteiger partial charge in [0, 0.05) is 5.02 Å². The Hall–Kier alpha value is -3.43. The highest BCUT2D eigenvalue weighted by atomic mass is 35.5. The van der Waals surface area contributed by atoms with Crippen LogP contribution in [-0.4, -0.2) is 47.2 Å². The van der Waals surface area contributed by atoms with Crippen LogP contribution < -0.4 is 23.8 Å². The fraction of sp³-hybridized carbons (Fsp3) is 0.208. The van der Waals surface area contributed by atoms with Gasteiger partial charge in [-0.15, -0.1) is 0 Å². The maximum atomic E-state index is 13.4. The molecule has 1 amide bonds. The number of benzene rings is 3. The Morgan fingerprint density at radius 2 is 1.74 bits per heavy atom. The molecule has 0 aliphatic carbocycles. The fourth-order valence-electron chi connectivity index (χ4n) is 3.38. The zero-order chi connectivity index (χ0) is 24.1. The van der Waals surface area contributed by atoms with Gasteiger partial charge >= 0.3 is 0 Å². The quantitative estimate of drug-likeness (QED) is 0.506. The van der Waals surface area contributed by atoms with E-state index in [9.17, 15) is 13.2 Å². The number of sulfonamides is 1. The number of nitrogens with one attached hydrogen (secondary N) is 1. The summed E-state index contributed by atoms with van der Waals surface area (Å²) < 4.78 is 44.5. The van der Waals surface area contributed by atoms with Gasteiger partial charge in [0.25, 0.3) is 10.0 Å². The van der Waals surface area contributed by atoms with Gasteiger partial charge in [0.15, 0.2) is 11.5 Å². The van der Waals surface area contributed by atoms with Crippen LogP contribution in [0.1, 0.15) is 0 Å². The predicted molar refractivity (Wildman–Crippen MR) is 128 cm³/mol. The topological polar surface area (TPSA) is 94.2 Å². The molecule has 178 valence electrons. The number of anilines is 1. The summed E-state index contributed by atoms with van der Waals surface area (Å²) in [4.78, 5) is 12.8. The van der Waals surface area contributed by atoms with E-state index in [0.29, 0.717) is 28.0 Å². The molecule has 1 aliphatic heterocycles. The average Bonchev–Trinajstić information content (AvgIpc) is 2.86. The number of carbonyl (C=O) groups excluding carboxylic acids is 1. The second kappa shape index (κ2) is 10.2. The standard InChI is InChI=1S/C24H23ClN2O6S/c1-31-19-10-12-21(13-11-19)34(29,30)27(18-8-6-17(25)7-9-18)15-24(28)26-14-20-16-32-22-4-2-3-5-23(22)33-20/h2-13,20H,14-16H2,1H3,(H,26,28). The van der Waals surface area contributed by atoms with Crippen LogP contribution in [0.2, 0.25) is 5.02 Å². The van der Waals surface area contributed by atoms with Crippen molar-refractivity contribution in [2.45, 2.75) is 11.0 Å². The van der Waals surface area contributed by atoms with Gasteiger partial charge in [-0.1, -0.05) is 23.7 Å². The number of nitrogens with zero attached hydrogens (tertiary/aromatic N) is 1. The van der Waals surface area contributed by atoms with Crippen LogP contribution in [-0.2, 0) is 14.8 Å². The molecule has 0 fully saturated rings. The summed E-state index contributed by atoms with van der Waals surface area (Å²) in [6.45, 7) is -0.00724. The first-order valence-electron chi connectivity index (χ1n) is 10.4. The lowest BCUT2D eigenvalue weighted by atomic mass is 10.2. The van der Waals surface area contributed by atoms with Crippen LogP contribution in [0.4, 0.5) is 5.69 Å². The molecule has 0 aromatic heterocycles. The number of amides is 1.